The fourth-order valence-electron chi connectivity index (χ4n) is 2.70. The molecule has 0 aliphatic carbocycles. The summed E-state index contributed by atoms with van der Waals surface area (Å²) in [5.41, 5.74) is 1.24. The number of carbonyl (C=O) groups is 2. The molecule has 0 aliphatic rings. The Bertz CT molecular complexity index is 822. The zero-order valence-electron chi connectivity index (χ0n) is 16.7. The maximum atomic E-state index is 12.7. The summed E-state index contributed by atoms with van der Waals surface area (Å²) in [5, 5.41) is 2.84. The number of hydrogen-bond donors (Lipinski definition) is 1. The molecule has 2 aromatic rings. The van der Waals surface area contributed by atoms with Gasteiger partial charge in [-0.1, -0.05) is 12.1 Å². The van der Waals surface area contributed by atoms with Crippen LogP contribution in [-0.2, 0) is 4.79 Å². The number of thioether (sulfide) groups is 1. The van der Waals surface area contributed by atoms with Crippen molar-refractivity contribution in [2.75, 3.05) is 38.4 Å². The quantitative estimate of drug-likeness (QED) is 0.644. The van der Waals surface area contributed by atoms with Crippen LogP contribution >= 0.6 is 11.8 Å². The molecule has 0 fully saturated rings. The molecule has 6 nitrogen and oxygen atoms in total. The Morgan fingerprint density at radius 3 is 2.32 bits per heavy atom. The zero-order chi connectivity index (χ0) is 20.5. The topological polar surface area (TPSA) is 67.9 Å². The van der Waals surface area contributed by atoms with E-state index >= 15 is 0 Å². The fourth-order valence-corrected chi connectivity index (χ4v) is 3.55. The molecule has 0 bridgehead atoms. The minimum absolute atomic E-state index is 0.0200. The van der Waals surface area contributed by atoms with Gasteiger partial charge in [-0.2, -0.15) is 0 Å². The number of anilines is 1. The smallest absolute Gasteiger partial charge is 0.254 e. The number of ether oxygens (including phenoxy) is 2. The van der Waals surface area contributed by atoms with Gasteiger partial charge in [0.2, 0.25) is 5.91 Å². The number of rotatable bonds is 9. The van der Waals surface area contributed by atoms with Gasteiger partial charge in [0.1, 0.15) is 0 Å². The normalized spacial score (nSPS) is 10.3. The summed E-state index contributed by atoms with van der Waals surface area (Å²) in [6, 6.07) is 12.6. The number of nitrogens with one attached hydrogen (secondary N) is 1. The first-order valence-electron chi connectivity index (χ1n) is 9.07. The third kappa shape index (κ3) is 5.42. The average molecular weight is 403 g/mol. The molecular formula is C21H26N2O4S. The summed E-state index contributed by atoms with van der Waals surface area (Å²) in [7, 11) is 3.10. The lowest BCUT2D eigenvalue weighted by atomic mass is 10.2. The third-order valence-electron chi connectivity index (χ3n) is 4.19. The van der Waals surface area contributed by atoms with Gasteiger partial charge in [-0.3, -0.25) is 9.59 Å². The molecule has 0 aliphatic heterocycles. The van der Waals surface area contributed by atoms with Gasteiger partial charge in [0.15, 0.2) is 11.5 Å². The van der Waals surface area contributed by atoms with E-state index in [1.807, 2.05) is 32.0 Å². The van der Waals surface area contributed by atoms with E-state index in [9.17, 15) is 9.59 Å². The van der Waals surface area contributed by atoms with Gasteiger partial charge in [0, 0.05) is 29.7 Å². The zero-order valence-corrected chi connectivity index (χ0v) is 17.5. The van der Waals surface area contributed by atoms with Crippen molar-refractivity contribution < 1.29 is 19.1 Å². The largest absolute Gasteiger partial charge is 0.493 e. The van der Waals surface area contributed by atoms with Crippen LogP contribution in [0.15, 0.2) is 47.4 Å². The lowest BCUT2D eigenvalue weighted by Crippen LogP contribution is -2.30. The molecule has 150 valence electrons. The number of amides is 2. The lowest BCUT2D eigenvalue weighted by Gasteiger charge is -2.20. The molecule has 7 heteroatoms. The van der Waals surface area contributed by atoms with Crippen molar-refractivity contribution in [1.29, 1.82) is 0 Å². The van der Waals surface area contributed by atoms with E-state index in [2.05, 4.69) is 5.32 Å². The van der Waals surface area contributed by atoms with Crippen molar-refractivity contribution >= 4 is 29.3 Å². The molecule has 0 saturated heterocycles. The first-order chi connectivity index (χ1) is 13.5. The van der Waals surface area contributed by atoms with E-state index in [1.54, 1.807) is 43.4 Å². The molecule has 0 heterocycles. The Morgan fingerprint density at radius 2 is 1.68 bits per heavy atom. The highest BCUT2D eigenvalue weighted by molar-refractivity contribution is 8.00. The molecular weight excluding hydrogens is 376 g/mol. The second-order valence-corrected chi connectivity index (χ2v) is 6.90. The molecule has 0 atom stereocenters. The molecule has 0 aromatic heterocycles. The highest BCUT2D eigenvalue weighted by atomic mass is 32.2. The summed E-state index contributed by atoms with van der Waals surface area (Å²) in [6.07, 6.45) is 0. The monoisotopic (exact) mass is 402 g/mol. The minimum Gasteiger partial charge on any atom is -0.493 e. The van der Waals surface area contributed by atoms with Crippen LogP contribution in [0.2, 0.25) is 0 Å². The van der Waals surface area contributed by atoms with Crippen molar-refractivity contribution in [3.8, 4) is 11.5 Å². The van der Waals surface area contributed by atoms with E-state index in [1.165, 1.54) is 11.8 Å². The summed E-state index contributed by atoms with van der Waals surface area (Å²) in [5.74, 6) is 1.15. The van der Waals surface area contributed by atoms with Crippen LogP contribution in [0.4, 0.5) is 5.69 Å². The second-order valence-electron chi connectivity index (χ2n) is 5.88. The van der Waals surface area contributed by atoms with Crippen molar-refractivity contribution in [1.82, 2.24) is 4.90 Å². The number of nitrogens with zero attached hydrogens (tertiary/aromatic N) is 1. The van der Waals surface area contributed by atoms with Crippen molar-refractivity contribution in [3.63, 3.8) is 0 Å². The summed E-state index contributed by atoms with van der Waals surface area (Å²) in [6.45, 7) is 5.20. The highest BCUT2D eigenvalue weighted by Gasteiger charge is 2.17. The number of carbonyl (C=O) groups excluding carboxylic acids is 2. The highest BCUT2D eigenvalue weighted by Crippen LogP contribution is 2.30. The van der Waals surface area contributed by atoms with Crippen molar-refractivity contribution in [3.05, 3.63) is 48.0 Å². The molecule has 0 radical (unpaired) electrons. The first kappa shape index (κ1) is 21.6. The molecule has 0 spiro atoms. The maximum absolute atomic E-state index is 12.7. The van der Waals surface area contributed by atoms with Crippen LogP contribution in [-0.4, -0.2) is 49.8 Å². The lowest BCUT2D eigenvalue weighted by molar-refractivity contribution is -0.113. The molecule has 2 aromatic carbocycles. The first-order valence-corrected chi connectivity index (χ1v) is 10.1. The molecule has 0 saturated carbocycles. The van der Waals surface area contributed by atoms with Crippen LogP contribution in [0, 0.1) is 0 Å². The number of methoxy groups -OCH3 is 2. The van der Waals surface area contributed by atoms with Gasteiger partial charge in [-0.25, -0.2) is 0 Å². The standard InChI is InChI=1S/C21H26N2O4S/c1-5-23(6-2)21(25)16-9-7-8-10-19(16)28-14-20(24)22-15-11-12-17(26-3)18(13-15)27-4/h7-13H,5-6,14H2,1-4H3,(H,22,24). The van der Waals surface area contributed by atoms with E-state index in [-0.39, 0.29) is 17.6 Å². The maximum Gasteiger partial charge on any atom is 0.254 e. The van der Waals surface area contributed by atoms with Gasteiger partial charge in [0.05, 0.1) is 25.5 Å². The molecule has 1 N–H and O–H groups in total. The molecule has 28 heavy (non-hydrogen) atoms. The van der Waals surface area contributed by atoms with Crippen LogP contribution < -0.4 is 14.8 Å². The number of benzene rings is 2. The number of hydrogen-bond acceptors (Lipinski definition) is 5. The van der Waals surface area contributed by atoms with Crippen molar-refractivity contribution in [2.24, 2.45) is 0 Å². The minimum atomic E-state index is -0.165. The SMILES string of the molecule is CCN(CC)C(=O)c1ccccc1SCC(=O)Nc1ccc(OC)c(OC)c1. The fraction of sp³-hybridized carbons (Fsp3) is 0.333. The average Bonchev–Trinajstić information content (AvgIpc) is 2.73. The summed E-state index contributed by atoms with van der Waals surface area (Å²) >= 11 is 1.34. The predicted molar refractivity (Wildman–Crippen MR) is 113 cm³/mol. The van der Waals surface area contributed by atoms with E-state index in [0.717, 1.165) is 4.90 Å². The van der Waals surface area contributed by atoms with Crippen molar-refractivity contribution in [2.45, 2.75) is 18.7 Å². The van der Waals surface area contributed by atoms with Crippen LogP contribution in [0.3, 0.4) is 0 Å². The Kier molecular flexibility index (Phi) is 8.19. The van der Waals surface area contributed by atoms with E-state index in [0.29, 0.717) is 35.8 Å². The van der Waals surface area contributed by atoms with Gasteiger partial charge >= 0.3 is 0 Å². The van der Waals surface area contributed by atoms with E-state index < -0.39 is 0 Å². The third-order valence-corrected chi connectivity index (χ3v) is 5.27. The van der Waals surface area contributed by atoms with Gasteiger partial charge in [-0.15, -0.1) is 11.8 Å². The Morgan fingerprint density at radius 1 is 1.00 bits per heavy atom. The Labute approximate surface area is 170 Å². The molecule has 2 amide bonds. The molecule has 2 rings (SSSR count). The second kappa shape index (κ2) is 10.6. The predicted octanol–water partition coefficient (Wildman–Crippen LogP) is 3.92. The van der Waals surface area contributed by atoms with Gasteiger partial charge in [-0.05, 0) is 38.1 Å². The van der Waals surface area contributed by atoms with E-state index in [4.69, 9.17) is 9.47 Å². The summed E-state index contributed by atoms with van der Waals surface area (Å²) < 4.78 is 10.4. The van der Waals surface area contributed by atoms with Gasteiger partial charge in [0.25, 0.3) is 5.91 Å². The Hall–Kier alpha value is -2.67. The van der Waals surface area contributed by atoms with Crippen LogP contribution in [0.1, 0.15) is 24.2 Å². The van der Waals surface area contributed by atoms with Crippen LogP contribution in [0.25, 0.3) is 0 Å². The van der Waals surface area contributed by atoms with Crippen LogP contribution in [0.5, 0.6) is 11.5 Å². The summed E-state index contributed by atoms with van der Waals surface area (Å²) in [4.78, 5) is 27.6. The Balaban J connectivity index is 2.05. The molecule has 0 unspecified atom stereocenters. The van der Waals surface area contributed by atoms with Gasteiger partial charge < -0.3 is 19.7 Å².